The molecule has 6 aliphatic rings. The summed E-state index contributed by atoms with van der Waals surface area (Å²) < 4.78 is 0. The lowest BCUT2D eigenvalue weighted by atomic mass is 9.33. The van der Waals surface area contributed by atoms with Crippen molar-refractivity contribution in [2.45, 2.75) is 120 Å². The van der Waals surface area contributed by atoms with E-state index in [1.807, 2.05) is 0 Å². The Morgan fingerprint density at radius 3 is 1.95 bits per heavy atom. The molecule has 6 aromatic rings. The average Bonchev–Trinajstić information content (AvgIpc) is 3.62. The molecule has 0 spiro atoms. The minimum absolute atomic E-state index is 0.0390. The Hall–Kier alpha value is -5.22. The van der Waals surface area contributed by atoms with Gasteiger partial charge in [-0.05, 0) is 120 Å². The van der Waals surface area contributed by atoms with E-state index < -0.39 is 0 Å². The van der Waals surface area contributed by atoms with Crippen molar-refractivity contribution in [3.8, 4) is 0 Å². The zero-order valence-corrected chi connectivity index (χ0v) is 35.8. The molecule has 4 aliphatic heterocycles. The monoisotopic (exact) mass is 769 g/mol. The third kappa shape index (κ3) is 4.36. The van der Waals surface area contributed by atoms with Crippen LogP contribution in [0.5, 0.6) is 0 Å². The molecule has 4 heteroatoms. The first-order valence-corrected chi connectivity index (χ1v) is 22.6. The summed E-state index contributed by atoms with van der Waals surface area (Å²) >= 11 is 0. The number of rotatable bonds is 3. The fraction of sp³-hybridized carbons (Fsp3) is 0.345. The summed E-state index contributed by atoms with van der Waals surface area (Å²) in [6.45, 7) is 15.1. The average molecular weight is 770 g/mol. The van der Waals surface area contributed by atoms with E-state index in [4.69, 9.17) is 0 Å². The number of hydrogen-bond acceptors (Lipinski definition) is 3. The standard InChI is InChI=1S/C55H56BN3/c1-51(2,3)38-28-29-45-42(34-38)55(37-20-9-7-10-21-37)33-18-17-32-54(55,6)58(45)40-35-47-49-48(36-40)59-50-41(52(4)30-15-16-31-53(52,59)5)24-19-26-44(50)56(49)43-25-13-14-27-46(43)57(47)39-22-11-8-12-23-39/h7-14,19-29,34-36H,15-18,30-33H2,1-6H3. The van der Waals surface area contributed by atoms with E-state index in [0.29, 0.717) is 0 Å². The molecule has 2 fully saturated rings. The van der Waals surface area contributed by atoms with E-state index in [9.17, 15) is 0 Å². The zero-order chi connectivity index (χ0) is 40.1. The molecule has 4 atom stereocenters. The van der Waals surface area contributed by atoms with Gasteiger partial charge < -0.3 is 14.7 Å². The molecule has 3 nitrogen and oxygen atoms in total. The van der Waals surface area contributed by atoms with Crippen LogP contribution >= 0.6 is 0 Å². The second kappa shape index (κ2) is 12.0. The third-order valence-corrected chi connectivity index (χ3v) is 16.8. The summed E-state index contributed by atoms with van der Waals surface area (Å²) in [6.07, 6.45) is 9.71. The van der Waals surface area contributed by atoms with Crippen LogP contribution in [-0.4, -0.2) is 17.8 Å². The maximum Gasteiger partial charge on any atom is 0.252 e. The lowest BCUT2D eigenvalue weighted by molar-refractivity contribution is 0.195. The maximum atomic E-state index is 2.90. The van der Waals surface area contributed by atoms with Crippen LogP contribution in [0.4, 0.5) is 39.8 Å². The highest BCUT2D eigenvalue weighted by Gasteiger charge is 2.63. The van der Waals surface area contributed by atoms with Crippen molar-refractivity contribution in [2.75, 3.05) is 14.7 Å². The van der Waals surface area contributed by atoms with Gasteiger partial charge in [0.2, 0.25) is 0 Å². The van der Waals surface area contributed by atoms with E-state index in [2.05, 4.69) is 190 Å². The molecule has 2 saturated carbocycles. The summed E-state index contributed by atoms with van der Waals surface area (Å²) in [5, 5.41) is 0. The van der Waals surface area contributed by atoms with E-state index >= 15 is 0 Å². The smallest absolute Gasteiger partial charge is 0.252 e. The van der Waals surface area contributed by atoms with Gasteiger partial charge in [-0.15, -0.1) is 0 Å². The van der Waals surface area contributed by atoms with Gasteiger partial charge in [-0.2, -0.15) is 0 Å². The minimum atomic E-state index is -0.179. The van der Waals surface area contributed by atoms with Gasteiger partial charge in [-0.1, -0.05) is 150 Å². The van der Waals surface area contributed by atoms with Crippen molar-refractivity contribution >= 4 is 62.9 Å². The van der Waals surface area contributed by atoms with Crippen LogP contribution in [0.2, 0.25) is 0 Å². The van der Waals surface area contributed by atoms with Crippen LogP contribution in [0, 0.1) is 0 Å². The number of benzene rings is 6. The summed E-state index contributed by atoms with van der Waals surface area (Å²) in [7, 11) is 0. The molecular formula is C55H56BN3. The Bertz CT molecular complexity index is 2700. The first-order chi connectivity index (χ1) is 28.5. The van der Waals surface area contributed by atoms with Gasteiger partial charge in [0.05, 0.1) is 11.1 Å². The summed E-state index contributed by atoms with van der Waals surface area (Å²) in [5.74, 6) is 0. The van der Waals surface area contributed by atoms with Crippen LogP contribution in [0.3, 0.4) is 0 Å². The fourth-order valence-corrected chi connectivity index (χ4v) is 13.8. The van der Waals surface area contributed by atoms with Gasteiger partial charge in [-0.3, -0.25) is 0 Å². The molecule has 0 N–H and O–H groups in total. The van der Waals surface area contributed by atoms with Crippen LogP contribution in [0.1, 0.15) is 115 Å². The topological polar surface area (TPSA) is 9.72 Å². The highest BCUT2D eigenvalue weighted by atomic mass is 15.3. The second-order valence-electron chi connectivity index (χ2n) is 20.5. The molecule has 4 unspecified atom stereocenters. The molecule has 294 valence electrons. The molecule has 12 rings (SSSR count). The number of fused-ring (bicyclic) bond motifs is 10. The van der Waals surface area contributed by atoms with E-state index in [1.165, 1.54) is 111 Å². The second-order valence-corrected chi connectivity index (χ2v) is 20.5. The van der Waals surface area contributed by atoms with E-state index in [-0.39, 0.29) is 34.0 Å². The molecule has 0 amide bonds. The Balaban J connectivity index is 1.20. The fourth-order valence-electron chi connectivity index (χ4n) is 13.8. The predicted molar refractivity (Wildman–Crippen MR) is 250 cm³/mol. The summed E-state index contributed by atoms with van der Waals surface area (Å²) in [6, 6.07) is 52.3. The first-order valence-electron chi connectivity index (χ1n) is 22.6. The third-order valence-electron chi connectivity index (χ3n) is 16.8. The molecule has 0 aromatic heterocycles. The van der Waals surface area contributed by atoms with Gasteiger partial charge in [0, 0.05) is 50.6 Å². The SMILES string of the molecule is CC(C)(C)c1ccc2c(c1)C1(c3ccccc3)CCCCC1(C)N2c1cc2c3c(c1)N1c4c(cccc4C4(C)CCCCC14C)B3c1ccccc1N2c1ccccc1. The lowest BCUT2D eigenvalue weighted by Gasteiger charge is -2.54. The number of anilines is 7. The van der Waals surface area contributed by atoms with Crippen LogP contribution in [0.25, 0.3) is 0 Å². The van der Waals surface area contributed by atoms with Crippen LogP contribution < -0.4 is 31.1 Å². The molecule has 6 aromatic carbocycles. The van der Waals surface area contributed by atoms with Crippen molar-refractivity contribution in [2.24, 2.45) is 0 Å². The Morgan fingerprint density at radius 2 is 1.17 bits per heavy atom. The van der Waals surface area contributed by atoms with Crippen LogP contribution in [0.15, 0.2) is 133 Å². The highest BCUT2D eigenvalue weighted by molar-refractivity contribution is 7.00. The minimum Gasteiger partial charge on any atom is -0.335 e. The zero-order valence-electron chi connectivity index (χ0n) is 35.8. The summed E-state index contributed by atoms with van der Waals surface area (Å²) in [5.41, 5.74) is 19.4. The molecule has 0 bridgehead atoms. The van der Waals surface area contributed by atoms with E-state index in [1.54, 1.807) is 5.56 Å². The van der Waals surface area contributed by atoms with Gasteiger partial charge in [-0.25, -0.2) is 0 Å². The van der Waals surface area contributed by atoms with Crippen molar-refractivity contribution in [3.05, 3.63) is 156 Å². The Morgan fingerprint density at radius 1 is 0.508 bits per heavy atom. The number of para-hydroxylation sites is 3. The van der Waals surface area contributed by atoms with Crippen molar-refractivity contribution in [3.63, 3.8) is 0 Å². The molecule has 2 aliphatic carbocycles. The number of nitrogens with zero attached hydrogens (tertiary/aromatic N) is 3. The summed E-state index contributed by atoms with van der Waals surface area (Å²) in [4.78, 5) is 8.37. The first kappa shape index (κ1) is 35.7. The van der Waals surface area contributed by atoms with Gasteiger partial charge in [0.25, 0.3) is 6.71 Å². The molecule has 0 saturated heterocycles. The van der Waals surface area contributed by atoms with Crippen molar-refractivity contribution in [1.29, 1.82) is 0 Å². The lowest BCUT2D eigenvalue weighted by Crippen LogP contribution is -2.64. The molecule has 0 radical (unpaired) electrons. The quantitative estimate of drug-likeness (QED) is 0.166. The van der Waals surface area contributed by atoms with Gasteiger partial charge >= 0.3 is 0 Å². The van der Waals surface area contributed by atoms with E-state index in [0.717, 1.165) is 12.8 Å². The van der Waals surface area contributed by atoms with Crippen LogP contribution in [-0.2, 0) is 16.2 Å². The van der Waals surface area contributed by atoms with Gasteiger partial charge in [0.1, 0.15) is 0 Å². The Kier molecular flexibility index (Phi) is 7.24. The van der Waals surface area contributed by atoms with Gasteiger partial charge in [0.15, 0.2) is 0 Å². The maximum absolute atomic E-state index is 2.90. The molecule has 59 heavy (non-hydrogen) atoms. The van der Waals surface area contributed by atoms with Crippen molar-refractivity contribution < 1.29 is 0 Å². The largest absolute Gasteiger partial charge is 0.335 e. The number of hydrogen-bond donors (Lipinski definition) is 0. The predicted octanol–water partition coefficient (Wildman–Crippen LogP) is 12.1. The molecular weight excluding hydrogens is 713 g/mol. The highest BCUT2D eigenvalue weighted by Crippen LogP contribution is 2.66. The van der Waals surface area contributed by atoms with Crippen molar-refractivity contribution in [1.82, 2.24) is 0 Å². The normalized spacial score (nSPS) is 27.1. The Labute approximate surface area is 352 Å². The molecule has 4 heterocycles.